The summed E-state index contributed by atoms with van der Waals surface area (Å²) in [6, 6.07) is 44.8. The van der Waals surface area contributed by atoms with Gasteiger partial charge >= 0.3 is 0 Å². The number of allylic oxidation sites excluding steroid dienone is 1. The highest BCUT2D eigenvalue weighted by Gasteiger charge is 2.12. The maximum atomic E-state index is 6.60. The van der Waals surface area contributed by atoms with Crippen molar-refractivity contribution in [2.45, 2.75) is 13.8 Å². The van der Waals surface area contributed by atoms with Gasteiger partial charge in [0.25, 0.3) is 0 Å². The highest BCUT2D eigenvalue weighted by Crippen LogP contribution is 2.37. The van der Waals surface area contributed by atoms with Gasteiger partial charge in [0.1, 0.15) is 11.5 Å². The topological polar surface area (TPSA) is 25.0 Å². The van der Waals surface area contributed by atoms with Gasteiger partial charge < -0.3 is 9.72 Å². The first kappa shape index (κ1) is 24.0. The molecule has 2 heteroatoms. The molecule has 0 saturated heterocycles. The van der Waals surface area contributed by atoms with Crippen LogP contribution in [0.3, 0.4) is 0 Å². The summed E-state index contributed by atoms with van der Waals surface area (Å²) >= 11 is 0. The minimum absolute atomic E-state index is 0.852. The first-order chi connectivity index (χ1) is 19.6. The Morgan fingerprint density at radius 1 is 0.625 bits per heavy atom. The Morgan fingerprint density at radius 3 is 2.27 bits per heavy atom. The monoisotopic (exact) mass is 515 g/mol. The summed E-state index contributed by atoms with van der Waals surface area (Å²) in [5, 5.41) is 5.06. The van der Waals surface area contributed by atoms with Gasteiger partial charge in [0.15, 0.2) is 0 Å². The second-order valence-electron chi connectivity index (χ2n) is 10.4. The number of H-pyrrole nitrogens is 1. The van der Waals surface area contributed by atoms with Crippen molar-refractivity contribution in [1.82, 2.24) is 4.98 Å². The van der Waals surface area contributed by atoms with Crippen molar-refractivity contribution in [3.8, 4) is 22.6 Å². The Morgan fingerprint density at radius 2 is 1.38 bits per heavy atom. The van der Waals surface area contributed by atoms with Crippen LogP contribution in [0.2, 0.25) is 0 Å². The molecule has 0 atom stereocenters. The van der Waals surface area contributed by atoms with Gasteiger partial charge in [-0.2, -0.15) is 0 Å². The number of hydrogen-bond donors (Lipinski definition) is 1. The molecule has 6 aromatic carbocycles. The molecule has 2 nitrogen and oxygen atoms in total. The molecular weight excluding hydrogens is 486 g/mol. The number of aromatic nitrogens is 1. The van der Waals surface area contributed by atoms with E-state index in [0.29, 0.717) is 0 Å². The first-order valence-electron chi connectivity index (χ1n) is 13.7. The van der Waals surface area contributed by atoms with E-state index in [1.807, 2.05) is 18.2 Å². The quantitative estimate of drug-likeness (QED) is 0.227. The lowest BCUT2D eigenvalue weighted by Gasteiger charge is -2.15. The highest BCUT2D eigenvalue weighted by molar-refractivity contribution is 6.20. The molecule has 0 amide bonds. The van der Waals surface area contributed by atoms with Crippen molar-refractivity contribution in [2.24, 2.45) is 0 Å². The van der Waals surface area contributed by atoms with E-state index in [0.717, 1.165) is 50.4 Å². The lowest BCUT2D eigenvalue weighted by atomic mass is 10.00. The fourth-order valence-electron chi connectivity index (χ4n) is 5.62. The average Bonchev–Trinajstić information content (AvgIpc) is 3.37. The molecule has 0 aliphatic rings. The normalized spacial score (nSPS) is 11.9. The molecule has 0 radical (unpaired) electrons. The van der Waals surface area contributed by atoms with E-state index < -0.39 is 0 Å². The number of para-hydroxylation sites is 1. The minimum atomic E-state index is 0.852. The van der Waals surface area contributed by atoms with Crippen LogP contribution < -0.4 is 4.74 Å². The van der Waals surface area contributed by atoms with Crippen LogP contribution in [0.5, 0.6) is 11.5 Å². The Hall–Kier alpha value is -5.08. The van der Waals surface area contributed by atoms with Crippen LogP contribution in [0.15, 0.2) is 127 Å². The number of nitrogens with one attached hydrogen (secondary N) is 1. The molecule has 40 heavy (non-hydrogen) atoms. The standard InChI is InChI=1S/C38H29NO/c1-25-16-17-30(24-37(25)40-36-15-9-8-13-31(36)26(2)22-27-10-4-3-5-11-27)29-18-20-33-35(23-29)39-34-21-19-28-12-6-7-14-32(28)38(33)34/h3-24,39H,1-2H3/b26-22-. The minimum Gasteiger partial charge on any atom is -0.456 e. The van der Waals surface area contributed by atoms with Gasteiger partial charge in [-0.25, -0.2) is 0 Å². The van der Waals surface area contributed by atoms with Gasteiger partial charge in [0, 0.05) is 27.4 Å². The SMILES string of the molecule is C/C(=C/c1ccccc1)c1ccccc1Oc1cc(-c2ccc3c(c2)[nH]c2ccc4ccccc4c23)ccc1C. The summed E-state index contributed by atoms with van der Waals surface area (Å²) in [7, 11) is 0. The zero-order valence-corrected chi connectivity index (χ0v) is 22.6. The van der Waals surface area contributed by atoms with Crippen LogP contribution in [0.4, 0.5) is 0 Å². The molecule has 0 fully saturated rings. The summed E-state index contributed by atoms with van der Waals surface area (Å²) in [6.45, 7) is 4.23. The van der Waals surface area contributed by atoms with E-state index in [1.165, 1.54) is 27.1 Å². The molecule has 0 saturated carbocycles. The van der Waals surface area contributed by atoms with Crippen LogP contribution >= 0.6 is 0 Å². The van der Waals surface area contributed by atoms with Crippen LogP contribution in [0.25, 0.3) is 55.4 Å². The lowest BCUT2D eigenvalue weighted by Crippen LogP contribution is -1.93. The van der Waals surface area contributed by atoms with E-state index in [9.17, 15) is 0 Å². The molecule has 0 aliphatic carbocycles. The van der Waals surface area contributed by atoms with E-state index in [4.69, 9.17) is 4.74 Å². The van der Waals surface area contributed by atoms with E-state index in [1.54, 1.807) is 0 Å². The Balaban J connectivity index is 1.26. The highest BCUT2D eigenvalue weighted by atomic mass is 16.5. The summed E-state index contributed by atoms with van der Waals surface area (Å²) in [5.74, 6) is 1.71. The fraction of sp³-hybridized carbons (Fsp3) is 0.0526. The smallest absolute Gasteiger partial charge is 0.134 e. The summed E-state index contributed by atoms with van der Waals surface area (Å²) in [5.41, 5.74) is 9.10. The zero-order chi connectivity index (χ0) is 27.1. The van der Waals surface area contributed by atoms with Crippen LogP contribution in [0, 0.1) is 6.92 Å². The molecule has 7 aromatic rings. The fourth-order valence-corrected chi connectivity index (χ4v) is 5.62. The molecule has 1 N–H and O–H groups in total. The van der Waals surface area contributed by atoms with Gasteiger partial charge in [-0.05, 0) is 76.7 Å². The Kier molecular flexibility index (Phi) is 5.94. The molecule has 1 aromatic heterocycles. The summed E-state index contributed by atoms with van der Waals surface area (Å²) < 4.78 is 6.60. The molecule has 7 rings (SSSR count). The second kappa shape index (κ2) is 9.91. The van der Waals surface area contributed by atoms with Crippen LogP contribution in [0.1, 0.15) is 23.6 Å². The van der Waals surface area contributed by atoms with Gasteiger partial charge in [-0.3, -0.25) is 0 Å². The largest absolute Gasteiger partial charge is 0.456 e. The van der Waals surface area contributed by atoms with Crippen LogP contribution in [-0.2, 0) is 0 Å². The maximum Gasteiger partial charge on any atom is 0.134 e. The average molecular weight is 516 g/mol. The van der Waals surface area contributed by atoms with E-state index >= 15 is 0 Å². The molecule has 1 heterocycles. The maximum absolute atomic E-state index is 6.60. The summed E-state index contributed by atoms with van der Waals surface area (Å²) in [4.78, 5) is 3.65. The van der Waals surface area contributed by atoms with Gasteiger partial charge in [0.2, 0.25) is 0 Å². The predicted molar refractivity (Wildman–Crippen MR) is 170 cm³/mol. The van der Waals surface area contributed by atoms with Gasteiger partial charge in [-0.1, -0.05) is 109 Å². The van der Waals surface area contributed by atoms with E-state index in [-0.39, 0.29) is 0 Å². The predicted octanol–water partition coefficient (Wildman–Crippen LogP) is 10.8. The number of aryl methyl sites for hydroxylation is 1. The molecule has 0 spiro atoms. The lowest BCUT2D eigenvalue weighted by molar-refractivity contribution is 0.477. The van der Waals surface area contributed by atoms with Crippen molar-refractivity contribution < 1.29 is 4.74 Å². The third kappa shape index (κ3) is 4.34. The number of ether oxygens (including phenoxy) is 1. The third-order valence-electron chi connectivity index (χ3n) is 7.72. The Labute approximate surface area is 234 Å². The zero-order valence-electron chi connectivity index (χ0n) is 22.6. The molecule has 0 unspecified atom stereocenters. The van der Waals surface area contributed by atoms with E-state index in [2.05, 4.69) is 134 Å². The number of benzene rings is 6. The van der Waals surface area contributed by atoms with Crippen molar-refractivity contribution >= 4 is 44.2 Å². The molecule has 192 valence electrons. The second-order valence-corrected chi connectivity index (χ2v) is 10.4. The van der Waals surface area contributed by atoms with Crippen molar-refractivity contribution in [1.29, 1.82) is 0 Å². The van der Waals surface area contributed by atoms with Gasteiger partial charge in [-0.15, -0.1) is 0 Å². The number of aromatic amines is 1. The van der Waals surface area contributed by atoms with Crippen LogP contribution in [-0.4, -0.2) is 4.98 Å². The molecule has 0 bridgehead atoms. The number of fused-ring (bicyclic) bond motifs is 5. The van der Waals surface area contributed by atoms with Crippen molar-refractivity contribution in [3.63, 3.8) is 0 Å². The molecular formula is C38H29NO. The number of hydrogen-bond acceptors (Lipinski definition) is 1. The summed E-state index contributed by atoms with van der Waals surface area (Å²) in [6.07, 6.45) is 2.20. The van der Waals surface area contributed by atoms with Crippen molar-refractivity contribution in [3.05, 3.63) is 144 Å². The van der Waals surface area contributed by atoms with Crippen molar-refractivity contribution in [2.75, 3.05) is 0 Å². The van der Waals surface area contributed by atoms with Gasteiger partial charge in [0.05, 0.1) is 0 Å². The number of rotatable bonds is 5. The Bertz CT molecular complexity index is 2050. The first-order valence-corrected chi connectivity index (χ1v) is 13.7. The molecule has 0 aliphatic heterocycles. The third-order valence-corrected chi connectivity index (χ3v) is 7.72.